The molecule has 0 aliphatic carbocycles. The first kappa shape index (κ1) is 20.4. The molecule has 1 heterocycles. The predicted molar refractivity (Wildman–Crippen MR) is 90.1 cm³/mol. The fraction of sp³-hybridized carbons (Fsp3) is 0.357. The van der Waals surface area contributed by atoms with Crippen LogP contribution >= 0.6 is 24.8 Å². The van der Waals surface area contributed by atoms with E-state index in [-0.39, 0.29) is 36.6 Å². The molecule has 0 spiro atoms. The summed E-state index contributed by atoms with van der Waals surface area (Å²) < 4.78 is 1.76. The van der Waals surface area contributed by atoms with Gasteiger partial charge in [0, 0.05) is 19.0 Å². The second-order valence-electron chi connectivity index (χ2n) is 4.76. The van der Waals surface area contributed by atoms with Gasteiger partial charge < -0.3 is 11.1 Å². The Bertz CT molecular complexity index is 545. The van der Waals surface area contributed by atoms with Crippen LogP contribution in [-0.2, 0) is 17.9 Å². The summed E-state index contributed by atoms with van der Waals surface area (Å²) in [5, 5.41) is 6.93. The van der Waals surface area contributed by atoms with Crippen molar-refractivity contribution in [2.24, 2.45) is 11.7 Å². The van der Waals surface area contributed by atoms with E-state index < -0.39 is 0 Å². The van der Waals surface area contributed by atoms with Crippen LogP contribution in [0.25, 0.3) is 0 Å². The quantitative estimate of drug-likeness (QED) is 0.828. The third-order valence-corrected chi connectivity index (χ3v) is 3.10. The summed E-state index contributed by atoms with van der Waals surface area (Å²) in [5.74, 6) is -0.166. The van der Waals surface area contributed by atoms with E-state index in [1.807, 2.05) is 31.2 Å². The fourth-order valence-corrected chi connectivity index (χ4v) is 1.73. The molecule has 1 unspecified atom stereocenters. The highest BCUT2D eigenvalue weighted by Crippen LogP contribution is 2.06. The summed E-state index contributed by atoms with van der Waals surface area (Å²) in [7, 11) is 0. The average Bonchev–Trinajstić information content (AvgIpc) is 2.98. The van der Waals surface area contributed by atoms with Crippen LogP contribution in [0.4, 0.5) is 0 Å². The van der Waals surface area contributed by atoms with Gasteiger partial charge in [0.1, 0.15) is 12.7 Å². The molecule has 0 aliphatic rings. The SMILES string of the molecule is CC(CN)C(=O)NCc1ccc(Cn2cncn2)cc1.Cl.Cl. The Labute approximate surface area is 142 Å². The van der Waals surface area contributed by atoms with Crippen LogP contribution in [0, 0.1) is 5.92 Å². The Balaban J connectivity index is 0.00000220. The molecule has 2 aromatic rings. The first-order valence-electron chi connectivity index (χ1n) is 6.57. The molecule has 2 rings (SSSR count). The van der Waals surface area contributed by atoms with Crippen molar-refractivity contribution in [1.29, 1.82) is 0 Å². The van der Waals surface area contributed by atoms with Gasteiger partial charge in [0.15, 0.2) is 0 Å². The number of carbonyl (C=O) groups excluding carboxylic acids is 1. The molecule has 8 heteroatoms. The van der Waals surface area contributed by atoms with Crippen LogP contribution in [-0.4, -0.2) is 27.2 Å². The largest absolute Gasteiger partial charge is 0.352 e. The second kappa shape index (κ2) is 10.2. The summed E-state index contributed by atoms with van der Waals surface area (Å²) in [4.78, 5) is 15.5. The Kier molecular flexibility index (Phi) is 9.40. The number of hydrogen-bond donors (Lipinski definition) is 2. The number of hydrogen-bond acceptors (Lipinski definition) is 4. The van der Waals surface area contributed by atoms with E-state index >= 15 is 0 Å². The minimum absolute atomic E-state index is 0. The molecule has 0 aliphatic heterocycles. The van der Waals surface area contributed by atoms with Gasteiger partial charge in [-0.1, -0.05) is 31.2 Å². The van der Waals surface area contributed by atoms with E-state index in [2.05, 4.69) is 15.4 Å². The lowest BCUT2D eigenvalue weighted by Crippen LogP contribution is -2.32. The lowest BCUT2D eigenvalue weighted by atomic mass is 10.1. The highest BCUT2D eigenvalue weighted by molar-refractivity contribution is 5.85. The molecule has 0 saturated carbocycles. The van der Waals surface area contributed by atoms with Crippen molar-refractivity contribution in [3.05, 3.63) is 48.0 Å². The van der Waals surface area contributed by atoms with Crippen molar-refractivity contribution in [2.45, 2.75) is 20.0 Å². The zero-order valence-electron chi connectivity index (χ0n) is 12.3. The highest BCUT2D eigenvalue weighted by Gasteiger charge is 2.09. The summed E-state index contributed by atoms with van der Waals surface area (Å²) in [5.41, 5.74) is 7.65. The van der Waals surface area contributed by atoms with Gasteiger partial charge in [0.25, 0.3) is 0 Å². The normalized spacial score (nSPS) is 11.0. The van der Waals surface area contributed by atoms with Crippen LogP contribution in [0.2, 0.25) is 0 Å². The zero-order valence-corrected chi connectivity index (χ0v) is 13.9. The molecular weight excluding hydrogens is 325 g/mol. The number of nitrogens with two attached hydrogens (primary N) is 1. The third-order valence-electron chi connectivity index (χ3n) is 3.10. The summed E-state index contributed by atoms with van der Waals surface area (Å²) in [6.45, 7) is 3.39. The van der Waals surface area contributed by atoms with E-state index in [4.69, 9.17) is 5.73 Å². The van der Waals surface area contributed by atoms with Crippen LogP contribution in [0.15, 0.2) is 36.9 Å². The molecule has 0 bridgehead atoms. The number of benzene rings is 1. The highest BCUT2D eigenvalue weighted by atomic mass is 35.5. The van der Waals surface area contributed by atoms with Crippen molar-refractivity contribution in [1.82, 2.24) is 20.1 Å². The van der Waals surface area contributed by atoms with Gasteiger partial charge in [-0.05, 0) is 11.1 Å². The van der Waals surface area contributed by atoms with Crippen LogP contribution < -0.4 is 11.1 Å². The number of carbonyl (C=O) groups is 1. The van der Waals surface area contributed by atoms with Gasteiger partial charge in [0.05, 0.1) is 6.54 Å². The molecule has 1 atom stereocenters. The minimum atomic E-state index is -0.151. The number of halogens is 2. The summed E-state index contributed by atoms with van der Waals surface area (Å²) in [6, 6.07) is 8.05. The van der Waals surface area contributed by atoms with Gasteiger partial charge in [-0.3, -0.25) is 4.79 Å². The smallest absolute Gasteiger partial charge is 0.224 e. The predicted octanol–water partition coefficient (Wildman–Crippen LogP) is 1.38. The van der Waals surface area contributed by atoms with Gasteiger partial charge in [-0.15, -0.1) is 24.8 Å². The van der Waals surface area contributed by atoms with Gasteiger partial charge >= 0.3 is 0 Å². The Morgan fingerprint density at radius 2 is 1.91 bits per heavy atom. The standard InChI is InChI=1S/C14H19N5O.2ClH/c1-11(6-15)14(20)17-7-12-2-4-13(5-3-12)8-19-10-16-9-18-19;;/h2-5,9-11H,6-8,15H2,1H3,(H,17,20);2*1H. The zero-order chi connectivity index (χ0) is 14.4. The molecule has 1 aromatic heterocycles. The van der Waals surface area contributed by atoms with Gasteiger partial charge in [-0.25, -0.2) is 9.67 Å². The maximum atomic E-state index is 11.6. The van der Waals surface area contributed by atoms with E-state index in [1.54, 1.807) is 11.0 Å². The molecule has 6 nitrogen and oxygen atoms in total. The Morgan fingerprint density at radius 1 is 1.27 bits per heavy atom. The monoisotopic (exact) mass is 345 g/mol. The van der Waals surface area contributed by atoms with E-state index in [9.17, 15) is 4.79 Å². The number of rotatable bonds is 6. The lowest BCUT2D eigenvalue weighted by Gasteiger charge is -2.10. The lowest BCUT2D eigenvalue weighted by molar-refractivity contribution is -0.124. The van der Waals surface area contributed by atoms with Crippen LogP contribution in [0.5, 0.6) is 0 Å². The molecule has 0 radical (unpaired) electrons. The topological polar surface area (TPSA) is 85.8 Å². The fourth-order valence-electron chi connectivity index (χ4n) is 1.73. The van der Waals surface area contributed by atoms with Crippen molar-refractivity contribution in [2.75, 3.05) is 6.54 Å². The molecular formula is C14H21Cl2N5O. The van der Waals surface area contributed by atoms with Gasteiger partial charge in [0.2, 0.25) is 5.91 Å². The van der Waals surface area contributed by atoms with E-state index in [0.29, 0.717) is 19.6 Å². The molecule has 122 valence electrons. The third kappa shape index (κ3) is 6.01. The maximum Gasteiger partial charge on any atom is 0.224 e. The minimum Gasteiger partial charge on any atom is -0.352 e. The molecule has 22 heavy (non-hydrogen) atoms. The van der Waals surface area contributed by atoms with Crippen molar-refractivity contribution >= 4 is 30.7 Å². The molecule has 3 N–H and O–H groups in total. The molecule has 1 aromatic carbocycles. The van der Waals surface area contributed by atoms with E-state index in [0.717, 1.165) is 11.1 Å². The van der Waals surface area contributed by atoms with Gasteiger partial charge in [-0.2, -0.15) is 5.10 Å². The second-order valence-corrected chi connectivity index (χ2v) is 4.76. The van der Waals surface area contributed by atoms with E-state index in [1.165, 1.54) is 6.33 Å². The average molecular weight is 346 g/mol. The first-order chi connectivity index (χ1) is 9.69. The number of nitrogens with zero attached hydrogens (tertiary/aromatic N) is 3. The number of amides is 1. The first-order valence-corrected chi connectivity index (χ1v) is 6.57. The van der Waals surface area contributed by atoms with Crippen LogP contribution in [0.3, 0.4) is 0 Å². The van der Waals surface area contributed by atoms with Crippen LogP contribution in [0.1, 0.15) is 18.1 Å². The van der Waals surface area contributed by atoms with Crippen molar-refractivity contribution in [3.63, 3.8) is 0 Å². The van der Waals surface area contributed by atoms with Crippen molar-refractivity contribution in [3.8, 4) is 0 Å². The Morgan fingerprint density at radius 3 is 2.45 bits per heavy atom. The molecule has 0 fully saturated rings. The number of aromatic nitrogens is 3. The maximum absolute atomic E-state index is 11.6. The molecule has 0 saturated heterocycles. The Hall–Kier alpha value is -1.63. The summed E-state index contributed by atoms with van der Waals surface area (Å²) >= 11 is 0. The number of nitrogens with one attached hydrogen (secondary N) is 1. The molecule has 1 amide bonds. The summed E-state index contributed by atoms with van der Waals surface area (Å²) in [6.07, 6.45) is 3.20. The van der Waals surface area contributed by atoms with Crippen molar-refractivity contribution < 1.29 is 4.79 Å².